The van der Waals surface area contributed by atoms with Crippen LogP contribution in [0.2, 0.25) is 0 Å². The van der Waals surface area contributed by atoms with E-state index in [9.17, 15) is 4.79 Å². The van der Waals surface area contributed by atoms with Crippen LogP contribution in [0.1, 0.15) is 24.2 Å². The van der Waals surface area contributed by atoms with Crippen molar-refractivity contribution < 1.29 is 14.3 Å². The van der Waals surface area contributed by atoms with E-state index in [4.69, 9.17) is 9.47 Å². The van der Waals surface area contributed by atoms with Crippen molar-refractivity contribution in [1.29, 1.82) is 0 Å². The van der Waals surface area contributed by atoms with E-state index in [1.807, 2.05) is 30.3 Å². The Morgan fingerprint density at radius 1 is 0.917 bits per heavy atom. The fraction of sp³-hybridized carbons (Fsp3) is 0.286. The average molecular weight is 322 g/mol. The molecule has 0 heterocycles. The lowest BCUT2D eigenvalue weighted by Crippen LogP contribution is -2.13. The minimum atomic E-state index is -0.302. The van der Waals surface area contributed by atoms with Gasteiger partial charge in [0.05, 0.1) is 12.2 Å². The quantitative estimate of drug-likeness (QED) is 0.371. The van der Waals surface area contributed by atoms with Crippen LogP contribution in [0.5, 0.6) is 0 Å². The predicted octanol–water partition coefficient (Wildman–Crippen LogP) is 4.82. The Labute approximate surface area is 142 Å². The van der Waals surface area contributed by atoms with E-state index in [0.717, 1.165) is 21.5 Å². The first-order valence-corrected chi connectivity index (χ1v) is 8.31. The summed E-state index contributed by atoms with van der Waals surface area (Å²) in [4.78, 5) is 12.4. The van der Waals surface area contributed by atoms with Crippen molar-refractivity contribution in [3.63, 3.8) is 0 Å². The molecule has 0 fully saturated rings. The number of esters is 1. The Bertz CT molecular complexity index is 852. The largest absolute Gasteiger partial charge is 0.460 e. The van der Waals surface area contributed by atoms with Gasteiger partial charge in [0.1, 0.15) is 6.61 Å². The first-order chi connectivity index (χ1) is 11.6. The van der Waals surface area contributed by atoms with Gasteiger partial charge >= 0.3 is 5.97 Å². The van der Waals surface area contributed by atoms with Crippen molar-refractivity contribution in [1.82, 2.24) is 0 Å². The molecule has 0 aliphatic rings. The summed E-state index contributed by atoms with van der Waals surface area (Å²) >= 11 is 0. The normalized spacial score (nSPS) is 11.3. The molecule has 0 spiro atoms. The molecular weight excluding hydrogens is 300 g/mol. The van der Waals surface area contributed by atoms with Crippen molar-refractivity contribution in [2.45, 2.75) is 13.8 Å². The Morgan fingerprint density at radius 2 is 1.62 bits per heavy atom. The highest BCUT2D eigenvalue weighted by Crippen LogP contribution is 2.26. The van der Waals surface area contributed by atoms with Crippen LogP contribution in [0.4, 0.5) is 0 Å². The van der Waals surface area contributed by atoms with Gasteiger partial charge in [-0.25, -0.2) is 4.79 Å². The Balaban J connectivity index is 1.78. The van der Waals surface area contributed by atoms with Gasteiger partial charge in [-0.15, -0.1) is 0 Å². The second kappa shape index (κ2) is 7.45. The van der Waals surface area contributed by atoms with Crippen molar-refractivity contribution in [2.75, 3.05) is 19.8 Å². The lowest BCUT2D eigenvalue weighted by atomic mass is 10.00. The molecule has 0 aliphatic carbocycles. The number of fused-ring (bicyclic) bond motifs is 2. The topological polar surface area (TPSA) is 35.5 Å². The molecule has 124 valence electrons. The molecule has 0 unspecified atom stereocenters. The number of rotatable bonds is 6. The van der Waals surface area contributed by atoms with Gasteiger partial charge in [-0.1, -0.05) is 50.2 Å². The molecule has 3 heteroatoms. The average Bonchev–Trinajstić information content (AvgIpc) is 2.58. The third-order valence-electron chi connectivity index (χ3n) is 3.88. The Morgan fingerprint density at radius 3 is 2.38 bits per heavy atom. The zero-order valence-corrected chi connectivity index (χ0v) is 14.1. The SMILES string of the molecule is CC(C)COCCOC(=O)c1cccc2cc3ccccc3cc12. The highest BCUT2D eigenvalue weighted by Gasteiger charge is 2.12. The summed E-state index contributed by atoms with van der Waals surface area (Å²) in [5, 5.41) is 4.24. The van der Waals surface area contributed by atoms with Crippen molar-refractivity contribution in [3.05, 3.63) is 60.2 Å². The first-order valence-electron chi connectivity index (χ1n) is 8.31. The highest BCUT2D eigenvalue weighted by atomic mass is 16.6. The number of hydrogen-bond donors (Lipinski definition) is 0. The molecular formula is C21H22O3. The summed E-state index contributed by atoms with van der Waals surface area (Å²) in [6.45, 7) is 5.56. The Hall–Kier alpha value is -2.39. The van der Waals surface area contributed by atoms with Crippen molar-refractivity contribution in [3.8, 4) is 0 Å². The number of ether oxygens (including phenoxy) is 2. The number of carbonyl (C=O) groups is 1. The van der Waals surface area contributed by atoms with Crippen molar-refractivity contribution in [2.24, 2.45) is 5.92 Å². The molecule has 3 rings (SSSR count). The lowest BCUT2D eigenvalue weighted by molar-refractivity contribution is 0.0279. The smallest absolute Gasteiger partial charge is 0.338 e. The molecule has 0 atom stereocenters. The van der Waals surface area contributed by atoms with Crippen LogP contribution in [0.15, 0.2) is 54.6 Å². The second-order valence-electron chi connectivity index (χ2n) is 6.33. The van der Waals surface area contributed by atoms with Crippen LogP contribution in [0.3, 0.4) is 0 Å². The summed E-state index contributed by atoms with van der Waals surface area (Å²) in [5.74, 6) is 0.177. The molecule has 0 bridgehead atoms. The highest BCUT2D eigenvalue weighted by molar-refractivity contribution is 6.08. The summed E-state index contributed by atoms with van der Waals surface area (Å²) in [6.07, 6.45) is 0. The van der Waals surface area contributed by atoms with Gasteiger partial charge in [0.2, 0.25) is 0 Å². The zero-order valence-electron chi connectivity index (χ0n) is 14.1. The van der Waals surface area contributed by atoms with E-state index >= 15 is 0 Å². The monoisotopic (exact) mass is 322 g/mol. The van der Waals surface area contributed by atoms with Crippen LogP contribution in [-0.2, 0) is 9.47 Å². The van der Waals surface area contributed by atoms with Crippen molar-refractivity contribution >= 4 is 27.5 Å². The zero-order chi connectivity index (χ0) is 16.9. The molecule has 24 heavy (non-hydrogen) atoms. The summed E-state index contributed by atoms with van der Waals surface area (Å²) in [7, 11) is 0. The number of benzene rings is 3. The maximum atomic E-state index is 12.4. The van der Waals surface area contributed by atoms with Gasteiger partial charge in [-0.05, 0) is 45.7 Å². The minimum absolute atomic E-state index is 0.273. The van der Waals surface area contributed by atoms with E-state index < -0.39 is 0 Å². The molecule has 0 saturated heterocycles. The molecule has 0 amide bonds. The fourth-order valence-corrected chi connectivity index (χ4v) is 2.73. The summed E-state index contributed by atoms with van der Waals surface area (Å²) < 4.78 is 10.8. The van der Waals surface area contributed by atoms with Crippen LogP contribution in [0, 0.1) is 5.92 Å². The van der Waals surface area contributed by atoms with Gasteiger partial charge in [0.25, 0.3) is 0 Å². The lowest BCUT2D eigenvalue weighted by Gasteiger charge is -2.10. The second-order valence-corrected chi connectivity index (χ2v) is 6.33. The predicted molar refractivity (Wildman–Crippen MR) is 97.4 cm³/mol. The third-order valence-corrected chi connectivity index (χ3v) is 3.88. The van der Waals surface area contributed by atoms with E-state index in [2.05, 4.69) is 38.1 Å². The van der Waals surface area contributed by atoms with Crippen LogP contribution >= 0.6 is 0 Å². The molecule has 0 N–H and O–H groups in total. The first kappa shape index (κ1) is 16.5. The maximum absolute atomic E-state index is 12.4. The van der Waals surface area contributed by atoms with E-state index in [1.54, 1.807) is 0 Å². The standard InChI is InChI=1S/C21H22O3/c1-15(2)14-23-10-11-24-21(22)19-9-5-8-18-12-16-6-3-4-7-17(16)13-20(18)19/h3-9,12-13,15H,10-11,14H2,1-2H3. The maximum Gasteiger partial charge on any atom is 0.338 e. The molecule has 0 radical (unpaired) electrons. The molecule has 0 saturated carbocycles. The van der Waals surface area contributed by atoms with E-state index in [-0.39, 0.29) is 12.6 Å². The molecule has 3 aromatic carbocycles. The molecule has 0 aromatic heterocycles. The molecule has 3 nitrogen and oxygen atoms in total. The fourth-order valence-electron chi connectivity index (χ4n) is 2.73. The molecule has 0 aliphatic heterocycles. The summed E-state index contributed by atoms with van der Waals surface area (Å²) in [5.41, 5.74) is 0.599. The Kier molecular flexibility index (Phi) is 5.11. The molecule has 3 aromatic rings. The van der Waals surface area contributed by atoms with Gasteiger partial charge < -0.3 is 9.47 Å². The van der Waals surface area contributed by atoms with Crippen LogP contribution < -0.4 is 0 Å². The van der Waals surface area contributed by atoms with E-state index in [0.29, 0.717) is 24.7 Å². The van der Waals surface area contributed by atoms with Gasteiger partial charge in [0, 0.05) is 6.61 Å². The van der Waals surface area contributed by atoms with Gasteiger partial charge in [-0.2, -0.15) is 0 Å². The van der Waals surface area contributed by atoms with E-state index in [1.165, 1.54) is 0 Å². The number of carbonyl (C=O) groups excluding carboxylic acids is 1. The van der Waals surface area contributed by atoms with Gasteiger partial charge in [0.15, 0.2) is 0 Å². The summed E-state index contributed by atoms with van der Waals surface area (Å²) in [6, 6.07) is 18.0. The van der Waals surface area contributed by atoms with Crippen LogP contribution in [0.25, 0.3) is 21.5 Å². The van der Waals surface area contributed by atoms with Crippen LogP contribution in [-0.4, -0.2) is 25.8 Å². The third kappa shape index (κ3) is 3.74. The number of hydrogen-bond acceptors (Lipinski definition) is 3. The minimum Gasteiger partial charge on any atom is -0.460 e. The van der Waals surface area contributed by atoms with Gasteiger partial charge in [-0.3, -0.25) is 0 Å².